The molecule has 4 nitrogen and oxygen atoms in total. The van der Waals surface area contributed by atoms with Gasteiger partial charge < -0.3 is 9.64 Å². The van der Waals surface area contributed by atoms with E-state index in [4.69, 9.17) is 4.74 Å². The van der Waals surface area contributed by atoms with Crippen molar-refractivity contribution in [3.63, 3.8) is 0 Å². The highest BCUT2D eigenvalue weighted by Crippen LogP contribution is 2.42. The second-order valence-electron chi connectivity index (χ2n) is 5.71. The SMILES string of the molecule is COc1ccc(C2NC(C)C(=O)N2C2CC2C)cc1F. The molecule has 108 valence electrons. The number of carbonyl (C=O) groups excluding carboxylic acids is 1. The summed E-state index contributed by atoms with van der Waals surface area (Å²) < 4.78 is 18.8. The van der Waals surface area contributed by atoms with Crippen LogP contribution in [0.3, 0.4) is 0 Å². The van der Waals surface area contributed by atoms with Gasteiger partial charge in [0, 0.05) is 6.04 Å². The van der Waals surface area contributed by atoms with Gasteiger partial charge >= 0.3 is 0 Å². The number of methoxy groups -OCH3 is 1. The Balaban J connectivity index is 1.91. The molecule has 5 heteroatoms. The summed E-state index contributed by atoms with van der Waals surface area (Å²) in [5, 5.41) is 3.25. The molecule has 20 heavy (non-hydrogen) atoms. The highest BCUT2D eigenvalue weighted by atomic mass is 19.1. The standard InChI is InChI=1S/C15H19FN2O2/c1-8-6-12(8)18-14(17-9(2)15(18)19)10-4-5-13(20-3)11(16)7-10/h4-5,7-9,12,14,17H,6H2,1-3H3. The second-order valence-corrected chi connectivity index (χ2v) is 5.71. The predicted octanol–water partition coefficient (Wildman–Crippen LogP) is 2.06. The lowest BCUT2D eigenvalue weighted by atomic mass is 10.1. The summed E-state index contributed by atoms with van der Waals surface area (Å²) in [4.78, 5) is 14.1. The molecule has 1 saturated heterocycles. The minimum absolute atomic E-state index is 0.0978. The molecule has 1 N–H and O–H groups in total. The van der Waals surface area contributed by atoms with Gasteiger partial charge in [0.1, 0.15) is 6.17 Å². The van der Waals surface area contributed by atoms with Gasteiger partial charge in [0.2, 0.25) is 5.91 Å². The van der Waals surface area contributed by atoms with Crippen molar-refractivity contribution >= 4 is 5.91 Å². The first kappa shape index (κ1) is 13.4. The molecule has 4 unspecified atom stereocenters. The molecule has 3 rings (SSSR count). The number of nitrogens with one attached hydrogen (secondary N) is 1. The van der Waals surface area contributed by atoms with E-state index in [1.807, 2.05) is 17.9 Å². The van der Waals surface area contributed by atoms with Crippen molar-refractivity contribution in [3.05, 3.63) is 29.6 Å². The monoisotopic (exact) mass is 278 g/mol. The third-order valence-electron chi connectivity index (χ3n) is 4.23. The van der Waals surface area contributed by atoms with E-state index in [9.17, 15) is 9.18 Å². The Morgan fingerprint density at radius 2 is 2.10 bits per heavy atom. The van der Waals surface area contributed by atoms with Gasteiger partial charge in [-0.25, -0.2) is 4.39 Å². The number of hydrogen-bond donors (Lipinski definition) is 1. The summed E-state index contributed by atoms with van der Waals surface area (Å²) >= 11 is 0. The second kappa shape index (κ2) is 4.74. The van der Waals surface area contributed by atoms with Crippen molar-refractivity contribution in [1.29, 1.82) is 0 Å². The molecule has 0 aromatic heterocycles. The van der Waals surface area contributed by atoms with E-state index < -0.39 is 5.82 Å². The van der Waals surface area contributed by atoms with E-state index in [1.165, 1.54) is 13.2 Å². The summed E-state index contributed by atoms with van der Waals surface area (Å²) in [6.45, 7) is 3.98. The summed E-state index contributed by atoms with van der Waals surface area (Å²) in [5.41, 5.74) is 0.764. The molecule has 1 saturated carbocycles. The average molecular weight is 278 g/mol. The Kier molecular flexibility index (Phi) is 3.17. The highest BCUT2D eigenvalue weighted by Gasteiger charge is 2.49. The normalized spacial score (nSPS) is 32.6. The smallest absolute Gasteiger partial charge is 0.241 e. The summed E-state index contributed by atoms with van der Waals surface area (Å²) in [5.74, 6) is 0.442. The molecular weight excluding hydrogens is 259 g/mol. The van der Waals surface area contributed by atoms with E-state index in [-0.39, 0.29) is 29.9 Å². The van der Waals surface area contributed by atoms with Gasteiger partial charge in [-0.3, -0.25) is 10.1 Å². The van der Waals surface area contributed by atoms with Gasteiger partial charge in [0.15, 0.2) is 11.6 Å². The molecule has 0 bridgehead atoms. The highest BCUT2D eigenvalue weighted by molar-refractivity contribution is 5.84. The number of carbonyl (C=O) groups is 1. The van der Waals surface area contributed by atoms with Crippen molar-refractivity contribution in [1.82, 2.24) is 10.2 Å². The summed E-state index contributed by atoms with van der Waals surface area (Å²) in [6, 6.07) is 4.91. The third-order valence-corrected chi connectivity index (χ3v) is 4.23. The van der Waals surface area contributed by atoms with Crippen LogP contribution in [0.5, 0.6) is 5.75 Å². The molecule has 4 atom stereocenters. The van der Waals surface area contributed by atoms with Crippen molar-refractivity contribution < 1.29 is 13.9 Å². The Morgan fingerprint density at radius 3 is 2.65 bits per heavy atom. The van der Waals surface area contributed by atoms with Gasteiger partial charge in [0.05, 0.1) is 13.2 Å². The molecule has 2 aliphatic rings. The van der Waals surface area contributed by atoms with E-state index in [1.54, 1.807) is 6.07 Å². The van der Waals surface area contributed by atoms with Gasteiger partial charge in [-0.05, 0) is 37.0 Å². The van der Waals surface area contributed by atoms with Crippen molar-refractivity contribution in [2.24, 2.45) is 5.92 Å². The van der Waals surface area contributed by atoms with Crippen LogP contribution in [0.2, 0.25) is 0 Å². The Bertz CT molecular complexity index is 549. The van der Waals surface area contributed by atoms with Crippen LogP contribution in [0.25, 0.3) is 0 Å². The van der Waals surface area contributed by atoms with Crippen LogP contribution in [0.1, 0.15) is 32.0 Å². The van der Waals surface area contributed by atoms with E-state index in [2.05, 4.69) is 12.2 Å². The maximum Gasteiger partial charge on any atom is 0.241 e. The zero-order chi connectivity index (χ0) is 14.4. The lowest BCUT2D eigenvalue weighted by molar-refractivity contribution is -0.130. The zero-order valence-corrected chi connectivity index (χ0v) is 11.9. The fourth-order valence-corrected chi connectivity index (χ4v) is 2.89. The lowest BCUT2D eigenvalue weighted by Gasteiger charge is -2.25. The topological polar surface area (TPSA) is 41.6 Å². The number of hydrogen-bond acceptors (Lipinski definition) is 3. The van der Waals surface area contributed by atoms with Crippen molar-refractivity contribution in [2.75, 3.05) is 7.11 Å². The first-order valence-corrected chi connectivity index (χ1v) is 6.94. The van der Waals surface area contributed by atoms with Crippen molar-refractivity contribution in [3.8, 4) is 5.75 Å². The number of amides is 1. The Labute approximate surface area is 117 Å². The predicted molar refractivity (Wildman–Crippen MR) is 72.7 cm³/mol. The van der Waals surface area contributed by atoms with Gasteiger partial charge in [-0.15, -0.1) is 0 Å². The Hall–Kier alpha value is -1.62. The molecule has 1 aromatic rings. The third kappa shape index (κ3) is 2.06. The van der Waals surface area contributed by atoms with Crippen LogP contribution in [0.15, 0.2) is 18.2 Å². The fraction of sp³-hybridized carbons (Fsp3) is 0.533. The largest absolute Gasteiger partial charge is 0.494 e. The first-order valence-electron chi connectivity index (χ1n) is 6.94. The Morgan fingerprint density at radius 1 is 1.40 bits per heavy atom. The van der Waals surface area contributed by atoms with Crippen molar-refractivity contribution in [2.45, 2.75) is 38.5 Å². The van der Waals surface area contributed by atoms with Crippen LogP contribution in [-0.4, -0.2) is 30.0 Å². The summed E-state index contributed by atoms with van der Waals surface area (Å²) in [7, 11) is 1.44. The van der Waals surface area contributed by atoms with Crippen LogP contribution in [-0.2, 0) is 4.79 Å². The van der Waals surface area contributed by atoms with E-state index in [0.717, 1.165) is 12.0 Å². The number of rotatable bonds is 3. The molecule has 1 aromatic carbocycles. The minimum atomic E-state index is -0.400. The van der Waals surface area contributed by atoms with Crippen LogP contribution >= 0.6 is 0 Å². The molecule has 1 aliphatic heterocycles. The number of halogens is 1. The molecule has 1 aliphatic carbocycles. The van der Waals surface area contributed by atoms with Crippen LogP contribution < -0.4 is 10.1 Å². The molecule has 0 radical (unpaired) electrons. The molecule has 2 fully saturated rings. The quantitative estimate of drug-likeness (QED) is 0.920. The maximum absolute atomic E-state index is 13.9. The number of ether oxygens (including phenoxy) is 1. The molecule has 0 spiro atoms. The number of nitrogens with zero attached hydrogens (tertiary/aromatic N) is 1. The molecule has 1 heterocycles. The first-order chi connectivity index (χ1) is 9.52. The van der Waals surface area contributed by atoms with Gasteiger partial charge in [-0.2, -0.15) is 0 Å². The zero-order valence-electron chi connectivity index (χ0n) is 11.9. The minimum Gasteiger partial charge on any atom is -0.494 e. The van der Waals surface area contributed by atoms with Gasteiger partial charge in [0.25, 0.3) is 0 Å². The van der Waals surface area contributed by atoms with Crippen LogP contribution in [0, 0.1) is 11.7 Å². The van der Waals surface area contributed by atoms with Crippen LogP contribution in [0.4, 0.5) is 4.39 Å². The number of benzene rings is 1. The van der Waals surface area contributed by atoms with Gasteiger partial charge in [-0.1, -0.05) is 13.0 Å². The lowest BCUT2D eigenvalue weighted by Crippen LogP contribution is -2.33. The maximum atomic E-state index is 13.9. The fourth-order valence-electron chi connectivity index (χ4n) is 2.89. The average Bonchev–Trinajstić information content (AvgIpc) is 3.06. The van der Waals surface area contributed by atoms with E-state index >= 15 is 0 Å². The molecular formula is C15H19FN2O2. The van der Waals surface area contributed by atoms with E-state index in [0.29, 0.717) is 5.92 Å². The molecule has 1 amide bonds. The summed E-state index contributed by atoms with van der Waals surface area (Å²) in [6.07, 6.45) is 0.780.